The van der Waals surface area contributed by atoms with Gasteiger partial charge in [0.2, 0.25) is 0 Å². The van der Waals surface area contributed by atoms with Crippen LogP contribution in [0.15, 0.2) is 83.0 Å². The van der Waals surface area contributed by atoms with Crippen molar-refractivity contribution >= 4 is 46.2 Å². The van der Waals surface area contributed by atoms with Crippen LogP contribution in [0.4, 0.5) is 11.4 Å². The zero-order valence-corrected chi connectivity index (χ0v) is 21.4. The Labute approximate surface area is 215 Å². The number of halogens is 1. The van der Waals surface area contributed by atoms with E-state index in [4.69, 9.17) is 11.6 Å². The maximum atomic E-state index is 13.9. The molecule has 0 bridgehead atoms. The van der Waals surface area contributed by atoms with Crippen molar-refractivity contribution in [1.82, 2.24) is 0 Å². The normalized spacial score (nSPS) is 20.6. The van der Waals surface area contributed by atoms with Gasteiger partial charge in [-0.1, -0.05) is 59.1 Å². The number of hydrogen-bond acceptors (Lipinski definition) is 4. The number of anilines is 2. The van der Waals surface area contributed by atoms with E-state index in [1.807, 2.05) is 88.4 Å². The maximum Gasteiger partial charge on any atom is 0.256 e. The second kappa shape index (κ2) is 9.36. The van der Waals surface area contributed by atoms with Gasteiger partial charge in [0.25, 0.3) is 11.8 Å². The lowest BCUT2D eigenvalue weighted by molar-refractivity contribution is -0.122. The van der Waals surface area contributed by atoms with Crippen molar-refractivity contribution < 1.29 is 9.59 Å². The van der Waals surface area contributed by atoms with Gasteiger partial charge < -0.3 is 0 Å². The molecule has 6 nitrogen and oxygen atoms in total. The van der Waals surface area contributed by atoms with Crippen LogP contribution in [-0.2, 0) is 9.59 Å². The quantitative estimate of drug-likeness (QED) is 0.425. The van der Waals surface area contributed by atoms with Gasteiger partial charge in [0.1, 0.15) is 0 Å². The molecule has 3 aromatic carbocycles. The van der Waals surface area contributed by atoms with Crippen LogP contribution in [0.1, 0.15) is 36.5 Å². The zero-order valence-electron chi connectivity index (χ0n) is 20.6. The standard InChI is InChI=1S/C29H27ClN4O2/c1-17-5-13-23(14-6-17)33-28(35)25(19(3)31-33)27(21-9-11-22(30)12-10-21)26-20(4)32-34(29(26)36)24-15-7-18(2)8-16-24/h5-16,25-27H,1-4H3. The van der Waals surface area contributed by atoms with Crippen LogP contribution in [0.3, 0.4) is 0 Å². The van der Waals surface area contributed by atoms with Crippen molar-refractivity contribution in [3.8, 4) is 0 Å². The fraction of sp³-hybridized carbons (Fsp3) is 0.241. The van der Waals surface area contributed by atoms with E-state index in [-0.39, 0.29) is 11.8 Å². The summed E-state index contributed by atoms with van der Waals surface area (Å²) in [6.45, 7) is 7.70. The molecule has 5 rings (SSSR count). The number of amides is 2. The first-order valence-electron chi connectivity index (χ1n) is 11.9. The monoisotopic (exact) mass is 498 g/mol. The molecule has 182 valence electrons. The Balaban J connectivity index is 1.55. The first kappa shape index (κ1) is 23.9. The molecule has 7 heteroatoms. The minimum absolute atomic E-state index is 0.161. The third kappa shape index (κ3) is 4.22. The Morgan fingerprint density at radius 3 is 1.42 bits per heavy atom. The Morgan fingerprint density at radius 1 is 0.639 bits per heavy atom. The summed E-state index contributed by atoms with van der Waals surface area (Å²) in [4.78, 5) is 27.7. The molecule has 0 aromatic heterocycles. The van der Waals surface area contributed by atoms with E-state index in [0.717, 1.165) is 16.7 Å². The molecule has 0 saturated carbocycles. The van der Waals surface area contributed by atoms with E-state index >= 15 is 0 Å². The Kier molecular flexibility index (Phi) is 6.22. The average Bonchev–Trinajstić information content (AvgIpc) is 3.32. The van der Waals surface area contributed by atoms with Crippen LogP contribution in [0.25, 0.3) is 0 Å². The van der Waals surface area contributed by atoms with Gasteiger partial charge in [0.05, 0.1) is 23.2 Å². The van der Waals surface area contributed by atoms with Crippen molar-refractivity contribution in [3.05, 3.63) is 94.5 Å². The summed E-state index contributed by atoms with van der Waals surface area (Å²) in [6, 6.07) is 22.7. The van der Waals surface area contributed by atoms with E-state index in [1.165, 1.54) is 10.0 Å². The predicted octanol–water partition coefficient (Wildman–Crippen LogP) is 6.12. The summed E-state index contributed by atoms with van der Waals surface area (Å²) in [7, 11) is 0. The molecule has 2 aliphatic heterocycles. The van der Waals surface area contributed by atoms with E-state index in [2.05, 4.69) is 10.2 Å². The number of carbonyl (C=O) groups excluding carboxylic acids is 2. The van der Waals surface area contributed by atoms with E-state index in [1.54, 1.807) is 12.1 Å². The van der Waals surface area contributed by atoms with Gasteiger partial charge in [-0.3, -0.25) is 9.59 Å². The highest BCUT2D eigenvalue weighted by atomic mass is 35.5. The predicted molar refractivity (Wildman–Crippen MR) is 145 cm³/mol. The van der Waals surface area contributed by atoms with E-state index in [0.29, 0.717) is 27.8 Å². The van der Waals surface area contributed by atoms with Gasteiger partial charge in [0.15, 0.2) is 0 Å². The van der Waals surface area contributed by atoms with Gasteiger partial charge in [-0.25, -0.2) is 10.0 Å². The molecule has 2 unspecified atom stereocenters. The number of benzene rings is 3. The number of hydrazone groups is 2. The number of carbonyl (C=O) groups is 2. The van der Waals surface area contributed by atoms with Gasteiger partial charge in [-0.2, -0.15) is 10.2 Å². The lowest BCUT2D eigenvalue weighted by Gasteiger charge is -2.28. The summed E-state index contributed by atoms with van der Waals surface area (Å²) in [5, 5.41) is 12.8. The molecular weight excluding hydrogens is 472 g/mol. The summed E-state index contributed by atoms with van der Waals surface area (Å²) in [5.74, 6) is -2.05. The number of rotatable bonds is 5. The molecule has 2 amide bonds. The molecule has 0 radical (unpaired) electrons. The summed E-state index contributed by atoms with van der Waals surface area (Å²) in [6.07, 6.45) is 0. The van der Waals surface area contributed by atoms with Crippen molar-refractivity contribution in [3.63, 3.8) is 0 Å². The molecule has 36 heavy (non-hydrogen) atoms. The summed E-state index contributed by atoms with van der Waals surface area (Å²) < 4.78 is 0. The average molecular weight is 499 g/mol. The lowest BCUT2D eigenvalue weighted by atomic mass is 9.73. The molecule has 0 spiro atoms. The number of nitrogens with zero attached hydrogens (tertiary/aromatic N) is 4. The van der Waals surface area contributed by atoms with E-state index < -0.39 is 17.8 Å². The molecule has 3 aromatic rings. The van der Waals surface area contributed by atoms with Gasteiger partial charge in [0, 0.05) is 22.4 Å². The van der Waals surface area contributed by atoms with Crippen LogP contribution >= 0.6 is 11.6 Å². The Bertz CT molecular complexity index is 1290. The smallest absolute Gasteiger partial charge is 0.256 e. The molecule has 2 atom stereocenters. The second-order valence-corrected chi connectivity index (χ2v) is 9.92. The first-order chi connectivity index (χ1) is 17.2. The van der Waals surface area contributed by atoms with Gasteiger partial charge >= 0.3 is 0 Å². The summed E-state index contributed by atoms with van der Waals surface area (Å²) >= 11 is 6.18. The molecule has 0 fully saturated rings. The largest absolute Gasteiger partial charge is 0.272 e. The highest BCUT2D eigenvalue weighted by Gasteiger charge is 2.50. The molecule has 0 N–H and O–H groups in total. The van der Waals surface area contributed by atoms with Crippen LogP contribution < -0.4 is 10.0 Å². The lowest BCUT2D eigenvalue weighted by Crippen LogP contribution is -2.40. The van der Waals surface area contributed by atoms with Crippen LogP contribution in [0, 0.1) is 25.7 Å². The highest BCUT2D eigenvalue weighted by Crippen LogP contribution is 2.42. The summed E-state index contributed by atoms with van der Waals surface area (Å²) in [5.41, 5.74) is 5.77. The maximum absolute atomic E-state index is 13.9. The van der Waals surface area contributed by atoms with Gasteiger partial charge in [-0.05, 0) is 69.7 Å². The SMILES string of the molecule is CC1=NN(c2ccc(C)cc2)C(=O)C1C(c1ccc(Cl)cc1)C1C(=O)N(c2ccc(C)cc2)N=C1C. The molecular formula is C29H27ClN4O2. The highest BCUT2D eigenvalue weighted by molar-refractivity contribution is 6.30. The molecule has 2 heterocycles. The van der Waals surface area contributed by atoms with Crippen molar-refractivity contribution in [2.24, 2.45) is 22.0 Å². The Morgan fingerprint density at radius 2 is 1.03 bits per heavy atom. The number of hydrogen-bond donors (Lipinski definition) is 0. The molecule has 0 saturated heterocycles. The Hall–Kier alpha value is -3.77. The van der Waals surface area contributed by atoms with Crippen molar-refractivity contribution in [2.45, 2.75) is 33.6 Å². The topological polar surface area (TPSA) is 65.3 Å². The van der Waals surface area contributed by atoms with Crippen molar-refractivity contribution in [1.29, 1.82) is 0 Å². The molecule has 2 aliphatic rings. The van der Waals surface area contributed by atoms with Crippen LogP contribution in [0.2, 0.25) is 5.02 Å². The third-order valence-corrected chi connectivity index (χ3v) is 7.15. The number of aryl methyl sites for hydroxylation is 2. The second-order valence-electron chi connectivity index (χ2n) is 9.49. The van der Waals surface area contributed by atoms with Crippen LogP contribution in [0.5, 0.6) is 0 Å². The minimum atomic E-state index is -0.621. The first-order valence-corrected chi connectivity index (χ1v) is 12.3. The van der Waals surface area contributed by atoms with E-state index in [9.17, 15) is 9.59 Å². The fourth-order valence-electron chi connectivity index (χ4n) is 4.99. The zero-order chi connectivity index (χ0) is 25.6. The molecule has 0 aliphatic carbocycles. The van der Waals surface area contributed by atoms with Gasteiger partial charge in [-0.15, -0.1) is 0 Å². The minimum Gasteiger partial charge on any atom is -0.272 e. The third-order valence-electron chi connectivity index (χ3n) is 6.90. The van der Waals surface area contributed by atoms with Crippen LogP contribution in [-0.4, -0.2) is 23.2 Å². The van der Waals surface area contributed by atoms with Crippen molar-refractivity contribution in [2.75, 3.05) is 10.0 Å². The fourth-order valence-corrected chi connectivity index (χ4v) is 5.12.